The summed E-state index contributed by atoms with van der Waals surface area (Å²) in [4.78, 5) is 30.1. The largest absolute Gasteiger partial charge is 0.337 e. The number of amides is 3. The molecule has 1 saturated heterocycles. The van der Waals surface area contributed by atoms with Gasteiger partial charge in [-0.05, 0) is 31.0 Å². The number of nitrogens with one attached hydrogen (secondary N) is 1. The van der Waals surface area contributed by atoms with Crippen LogP contribution in [0.1, 0.15) is 37.5 Å². The van der Waals surface area contributed by atoms with Gasteiger partial charge in [-0.15, -0.1) is 0 Å². The Morgan fingerprint density at radius 2 is 2.00 bits per heavy atom. The Hall–Kier alpha value is -2.77. The molecule has 8 heteroatoms. The highest BCUT2D eigenvalue weighted by Gasteiger charge is 2.49. The highest BCUT2D eigenvalue weighted by atomic mass is 19.1. The number of hydrogen-bond donors (Lipinski definition) is 1. The molecule has 1 aromatic heterocycles. The monoisotopic (exact) mass is 332 g/mol. The van der Waals surface area contributed by atoms with E-state index >= 15 is 0 Å². The molecule has 2 heterocycles. The van der Waals surface area contributed by atoms with Crippen molar-refractivity contribution in [2.24, 2.45) is 0 Å². The van der Waals surface area contributed by atoms with Crippen LogP contribution in [-0.4, -0.2) is 27.0 Å². The van der Waals surface area contributed by atoms with Gasteiger partial charge in [0.2, 0.25) is 5.89 Å². The standard InChI is InChI=1S/C16H17FN4O3/c1-3-4-12-18-13(24-20-12)9-21-14(22)16(2,19-15(21)23)10-5-7-11(17)8-6-10/h5-8H,3-4,9H2,1-2H3,(H,19,23)/t16-/m1/s1. The van der Waals surface area contributed by atoms with E-state index in [-0.39, 0.29) is 12.4 Å². The molecule has 24 heavy (non-hydrogen) atoms. The van der Waals surface area contributed by atoms with Crippen molar-refractivity contribution < 1.29 is 18.5 Å². The van der Waals surface area contributed by atoms with Crippen LogP contribution >= 0.6 is 0 Å². The van der Waals surface area contributed by atoms with Crippen LogP contribution in [0.5, 0.6) is 0 Å². The lowest BCUT2D eigenvalue weighted by Crippen LogP contribution is -2.40. The summed E-state index contributed by atoms with van der Waals surface area (Å²) in [5, 5.41) is 6.45. The van der Waals surface area contributed by atoms with Gasteiger partial charge in [0.25, 0.3) is 5.91 Å². The summed E-state index contributed by atoms with van der Waals surface area (Å²) >= 11 is 0. The molecule has 0 bridgehead atoms. The fourth-order valence-electron chi connectivity index (χ4n) is 2.63. The van der Waals surface area contributed by atoms with Crippen LogP contribution < -0.4 is 5.32 Å². The average molecular weight is 332 g/mol. The molecule has 3 amide bonds. The van der Waals surface area contributed by atoms with Crippen molar-refractivity contribution in [3.63, 3.8) is 0 Å². The van der Waals surface area contributed by atoms with Gasteiger partial charge < -0.3 is 9.84 Å². The Labute approximate surface area is 137 Å². The number of aromatic nitrogens is 2. The fraction of sp³-hybridized carbons (Fsp3) is 0.375. The minimum absolute atomic E-state index is 0.0990. The van der Waals surface area contributed by atoms with E-state index in [1.165, 1.54) is 24.3 Å². The van der Waals surface area contributed by atoms with E-state index < -0.39 is 23.3 Å². The van der Waals surface area contributed by atoms with Gasteiger partial charge in [0, 0.05) is 6.42 Å². The zero-order valence-corrected chi connectivity index (χ0v) is 13.4. The van der Waals surface area contributed by atoms with Gasteiger partial charge in [0.15, 0.2) is 5.82 Å². The Morgan fingerprint density at radius 1 is 1.29 bits per heavy atom. The molecule has 0 unspecified atom stereocenters. The third-order valence-corrected chi connectivity index (χ3v) is 3.97. The topological polar surface area (TPSA) is 88.3 Å². The number of urea groups is 1. The van der Waals surface area contributed by atoms with Crippen molar-refractivity contribution in [1.29, 1.82) is 0 Å². The Kier molecular flexibility index (Phi) is 4.04. The molecular formula is C16H17FN4O3. The molecule has 0 aliphatic carbocycles. The van der Waals surface area contributed by atoms with Crippen molar-refractivity contribution in [2.45, 2.75) is 38.8 Å². The highest BCUT2D eigenvalue weighted by Crippen LogP contribution is 2.29. The van der Waals surface area contributed by atoms with Gasteiger partial charge in [-0.2, -0.15) is 4.98 Å². The van der Waals surface area contributed by atoms with Gasteiger partial charge in [-0.25, -0.2) is 9.18 Å². The predicted molar refractivity (Wildman–Crippen MR) is 81.1 cm³/mol. The first kappa shape index (κ1) is 16.1. The smallest absolute Gasteiger partial charge is 0.325 e. The molecule has 0 radical (unpaired) electrons. The third-order valence-electron chi connectivity index (χ3n) is 3.97. The molecule has 0 saturated carbocycles. The first-order valence-corrected chi connectivity index (χ1v) is 7.65. The number of nitrogens with zero attached hydrogens (tertiary/aromatic N) is 3. The third kappa shape index (κ3) is 2.75. The summed E-state index contributed by atoms with van der Waals surface area (Å²) in [7, 11) is 0. The molecule has 1 aromatic carbocycles. The maximum absolute atomic E-state index is 13.1. The molecule has 1 fully saturated rings. The van der Waals surface area contributed by atoms with Crippen molar-refractivity contribution in [2.75, 3.05) is 0 Å². The Balaban J connectivity index is 1.81. The number of benzene rings is 1. The molecule has 7 nitrogen and oxygen atoms in total. The number of rotatable bonds is 5. The van der Waals surface area contributed by atoms with Crippen molar-refractivity contribution in [3.8, 4) is 0 Å². The minimum atomic E-state index is -1.25. The van der Waals surface area contributed by atoms with Crippen LogP contribution in [0.4, 0.5) is 9.18 Å². The normalized spacial score (nSPS) is 20.5. The van der Waals surface area contributed by atoms with Gasteiger partial charge >= 0.3 is 6.03 Å². The lowest BCUT2D eigenvalue weighted by Gasteiger charge is -2.21. The molecule has 126 valence electrons. The number of carbonyl (C=O) groups is 2. The maximum Gasteiger partial charge on any atom is 0.325 e. The molecule has 1 aliphatic heterocycles. The lowest BCUT2D eigenvalue weighted by atomic mass is 9.92. The highest BCUT2D eigenvalue weighted by molar-refractivity contribution is 6.07. The van der Waals surface area contributed by atoms with Crippen LogP contribution in [-0.2, 0) is 23.3 Å². The first-order valence-electron chi connectivity index (χ1n) is 7.65. The van der Waals surface area contributed by atoms with Crippen LogP contribution in [0.3, 0.4) is 0 Å². The predicted octanol–water partition coefficient (Wildman–Crippen LogP) is 2.13. The first-order chi connectivity index (χ1) is 11.4. The number of carbonyl (C=O) groups excluding carboxylic acids is 2. The zero-order valence-electron chi connectivity index (χ0n) is 13.4. The van der Waals surface area contributed by atoms with Crippen molar-refractivity contribution >= 4 is 11.9 Å². The van der Waals surface area contributed by atoms with Gasteiger partial charge in [-0.1, -0.05) is 24.2 Å². The van der Waals surface area contributed by atoms with Crippen LogP contribution in [0, 0.1) is 5.82 Å². The number of imide groups is 1. The second kappa shape index (κ2) is 6.03. The minimum Gasteiger partial charge on any atom is -0.337 e. The van der Waals surface area contributed by atoms with Crippen molar-refractivity contribution in [1.82, 2.24) is 20.4 Å². The molecular weight excluding hydrogens is 315 g/mol. The van der Waals surface area contributed by atoms with Crippen LogP contribution in [0.15, 0.2) is 28.8 Å². The molecule has 2 aromatic rings. The van der Waals surface area contributed by atoms with E-state index in [2.05, 4.69) is 15.5 Å². The quantitative estimate of drug-likeness (QED) is 0.847. The van der Waals surface area contributed by atoms with E-state index in [4.69, 9.17) is 4.52 Å². The Bertz CT molecular complexity index is 774. The van der Waals surface area contributed by atoms with Crippen LogP contribution in [0.2, 0.25) is 0 Å². The van der Waals surface area contributed by atoms with E-state index in [1.54, 1.807) is 6.92 Å². The zero-order chi connectivity index (χ0) is 17.3. The lowest BCUT2D eigenvalue weighted by molar-refractivity contribution is -0.131. The summed E-state index contributed by atoms with van der Waals surface area (Å²) in [6.07, 6.45) is 1.53. The van der Waals surface area contributed by atoms with Crippen LogP contribution in [0.25, 0.3) is 0 Å². The maximum atomic E-state index is 13.1. The van der Waals surface area contributed by atoms with Gasteiger partial charge in [0.1, 0.15) is 17.9 Å². The van der Waals surface area contributed by atoms with E-state index in [1.807, 2.05) is 6.92 Å². The number of hydrogen-bond acceptors (Lipinski definition) is 5. The van der Waals surface area contributed by atoms with E-state index in [0.717, 1.165) is 11.3 Å². The van der Waals surface area contributed by atoms with Gasteiger partial charge in [0.05, 0.1) is 0 Å². The molecule has 3 rings (SSSR count). The number of aryl methyl sites for hydroxylation is 1. The van der Waals surface area contributed by atoms with E-state index in [9.17, 15) is 14.0 Å². The summed E-state index contributed by atoms with van der Waals surface area (Å²) in [5.41, 5.74) is -0.751. The second-order valence-corrected chi connectivity index (χ2v) is 5.81. The SMILES string of the molecule is CCCc1noc(CN2C(=O)N[C@](C)(c3ccc(F)cc3)C2=O)n1. The van der Waals surface area contributed by atoms with Gasteiger partial charge in [-0.3, -0.25) is 9.69 Å². The molecule has 0 spiro atoms. The number of halogens is 1. The summed E-state index contributed by atoms with van der Waals surface area (Å²) < 4.78 is 18.2. The fourth-order valence-corrected chi connectivity index (χ4v) is 2.63. The molecule has 1 N–H and O–H groups in total. The van der Waals surface area contributed by atoms with Crippen molar-refractivity contribution in [3.05, 3.63) is 47.4 Å². The molecule has 1 atom stereocenters. The summed E-state index contributed by atoms with van der Waals surface area (Å²) in [5.74, 6) is -0.120. The second-order valence-electron chi connectivity index (χ2n) is 5.81. The average Bonchev–Trinajstić information content (AvgIpc) is 3.07. The van der Waals surface area contributed by atoms with E-state index in [0.29, 0.717) is 17.8 Å². The Morgan fingerprint density at radius 3 is 2.67 bits per heavy atom. The summed E-state index contributed by atoms with van der Waals surface area (Å²) in [6, 6.07) is 4.89. The summed E-state index contributed by atoms with van der Waals surface area (Å²) in [6.45, 7) is 3.47. The molecule has 1 aliphatic rings.